The summed E-state index contributed by atoms with van der Waals surface area (Å²) < 4.78 is 15.1. The summed E-state index contributed by atoms with van der Waals surface area (Å²) in [5.41, 5.74) is 0. The molecule has 4 atom stereocenters. The molecule has 2 amide bonds. The van der Waals surface area contributed by atoms with Gasteiger partial charge in [-0.05, 0) is 36.5 Å². The minimum absolute atomic E-state index is 0.124. The lowest BCUT2D eigenvalue weighted by Crippen LogP contribution is -2.72. The second-order valence-electron chi connectivity index (χ2n) is 6.96. The molecule has 2 aliphatic rings. The van der Waals surface area contributed by atoms with E-state index in [-0.39, 0.29) is 12.3 Å². The highest BCUT2D eigenvalue weighted by Crippen LogP contribution is 2.46. The van der Waals surface area contributed by atoms with Crippen LogP contribution in [0, 0.1) is 0 Å². The van der Waals surface area contributed by atoms with E-state index >= 15 is 0 Å². The minimum Gasteiger partial charge on any atom is -0.614 e. The summed E-state index contributed by atoms with van der Waals surface area (Å²) in [5, 5.41) is 3.67. The molecule has 28 heavy (non-hydrogen) atoms. The molecule has 0 bridgehead atoms. The number of rotatable bonds is 5. The number of amides is 2. The smallest absolute Gasteiger partial charge is 0.334 e. The van der Waals surface area contributed by atoms with Gasteiger partial charge in [0.1, 0.15) is 6.61 Å². The number of β-lactam (4-membered cyclic amide) rings is 1. The van der Waals surface area contributed by atoms with Crippen LogP contribution in [0.5, 0.6) is 0 Å². The maximum Gasteiger partial charge on any atom is 0.334 e. The lowest BCUT2D eigenvalue weighted by molar-refractivity contribution is -0.164. The number of esters is 1. The van der Waals surface area contributed by atoms with E-state index in [1.54, 1.807) is 13.8 Å². The standard InChI is InChI=1S/C16H17Cl3N2O5S2/c1-15(2)11(14(24)26-7-16(17,18)19)21-12(23)10(13(21)28(15)25)20-9(22)6-8-4-3-5-27-8/h3-5,10-11,13H,6-7H2,1-2H3,(H,20,22)/t10-,11+,13-,28?/m1/s1. The summed E-state index contributed by atoms with van der Waals surface area (Å²) in [7, 11) is 0. The molecular weight excluding hydrogens is 471 g/mol. The van der Waals surface area contributed by atoms with Crippen molar-refractivity contribution in [3.63, 3.8) is 0 Å². The van der Waals surface area contributed by atoms with Gasteiger partial charge in [-0.2, -0.15) is 0 Å². The third-order valence-corrected chi connectivity index (χ3v) is 7.99. The lowest BCUT2D eigenvalue weighted by Gasteiger charge is -2.41. The molecule has 0 aromatic carbocycles. The van der Waals surface area contributed by atoms with Crippen LogP contribution in [-0.2, 0) is 36.7 Å². The van der Waals surface area contributed by atoms with E-state index in [4.69, 9.17) is 39.5 Å². The van der Waals surface area contributed by atoms with E-state index in [0.29, 0.717) is 0 Å². The number of alkyl halides is 3. The second kappa shape index (κ2) is 7.85. The summed E-state index contributed by atoms with van der Waals surface area (Å²) in [6.07, 6.45) is 0.124. The Morgan fingerprint density at radius 1 is 1.43 bits per heavy atom. The predicted octanol–water partition coefficient (Wildman–Crippen LogP) is 1.77. The maximum absolute atomic E-state index is 12.9. The first-order chi connectivity index (χ1) is 12.9. The highest BCUT2D eigenvalue weighted by atomic mass is 35.6. The number of nitrogens with zero attached hydrogens (tertiary/aromatic N) is 1. The highest BCUT2D eigenvalue weighted by Gasteiger charge is 2.73. The molecule has 1 unspecified atom stereocenters. The van der Waals surface area contributed by atoms with E-state index in [1.165, 1.54) is 16.2 Å². The van der Waals surface area contributed by atoms with E-state index in [9.17, 15) is 18.9 Å². The van der Waals surface area contributed by atoms with Crippen LogP contribution in [0.1, 0.15) is 18.7 Å². The minimum atomic E-state index is -1.80. The van der Waals surface area contributed by atoms with Crippen molar-refractivity contribution < 1.29 is 23.7 Å². The normalized spacial score (nSPS) is 28.5. The van der Waals surface area contributed by atoms with Crippen LogP contribution in [0.15, 0.2) is 17.5 Å². The molecule has 3 heterocycles. The van der Waals surface area contributed by atoms with Crippen molar-refractivity contribution in [2.45, 2.75) is 46.3 Å². The van der Waals surface area contributed by atoms with Gasteiger partial charge >= 0.3 is 5.97 Å². The molecule has 2 aliphatic heterocycles. The van der Waals surface area contributed by atoms with E-state index in [1.807, 2.05) is 17.5 Å². The Morgan fingerprint density at radius 3 is 2.68 bits per heavy atom. The Morgan fingerprint density at radius 2 is 2.11 bits per heavy atom. The van der Waals surface area contributed by atoms with Crippen LogP contribution in [0.4, 0.5) is 0 Å². The average molecular weight is 488 g/mol. The van der Waals surface area contributed by atoms with Crippen LogP contribution in [0.25, 0.3) is 0 Å². The van der Waals surface area contributed by atoms with Crippen molar-refractivity contribution in [2.24, 2.45) is 0 Å². The van der Waals surface area contributed by atoms with Crippen molar-refractivity contribution in [3.8, 4) is 0 Å². The van der Waals surface area contributed by atoms with Gasteiger partial charge in [-0.1, -0.05) is 40.9 Å². The van der Waals surface area contributed by atoms with Crippen molar-refractivity contribution in [2.75, 3.05) is 6.61 Å². The monoisotopic (exact) mass is 486 g/mol. The number of ether oxygens (including phenoxy) is 1. The first kappa shape index (κ1) is 22.0. The number of fused-ring (bicyclic) bond motifs is 1. The van der Waals surface area contributed by atoms with Crippen molar-refractivity contribution in [3.05, 3.63) is 22.4 Å². The number of carbonyl (C=O) groups excluding carboxylic acids is 3. The highest BCUT2D eigenvalue weighted by molar-refractivity contribution is 7.94. The number of hydrogen-bond donors (Lipinski definition) is 1. The molecule has 1 aromatic rings. The molecule has 0 aliphatic carbocycles. The molecule has 7 nitrogen and oxygen atoms in total. The molecule has 0 spiro atoms. The zero-order chi connectivity index (χ0) is 20.9. The van der Waals surface area contributed by atoms with Crippen LogP contribution >= 0.6 is 46.1 Å². The molecule has 2 saturated heterocycles. The SMILES string of the molecule is CC1(C)[C@H](C(=O)OCC(Cl)(Cl)Cl)N2C(=O)[C@@H](NC(=O)Cc3cccs3)[C@H]2[S+]1[O-]. The van der Waals surface area contributed by atoms with Crippen molar-refractivity contribution >= 4 is 75.1 Å². The zero-order valence-electron chi connectivity index (χ0n) is 14.8. The fraction of sp³-hybridized carbons (Fsp3) is 0.562. The average Bonchev–Trinajstić information content (AvgIpc) is 3.15. The number of thiophene rings is 1. The van der Waals surface area contributed by atoms with Crippen LogP contribution in [0.2, 0.25) is 0 Å². The fourth-order valence-electron chi connectivity index (χ4n) is 3.30. The molecule has 2 fully saturated rings. The molecule has 0 saturated carbocycles. The first-order valence-corrected chi connectivity index (χ1v) is 11.4. The molecule has 12 heteroatoms. The van der Waals surface area contributed by atoms with Gasteiger partial charge in [0.15, 0.2) is 16.8 Å². The van der Waals surface area contributed by atoms with Crippen LogP contribution < -0.4 is 5.32 Å². The Bertz CT molecular complexity index is 784. The summed E-state index contributed by atoms with van der Waals surface area (Å²) in [4.78, 5) is 39.4. The Balaban J connectivity index is 1.70. The molecule has 154 valence electrons. The number of halogens is 3. The number of nitrogens with one attached hydrogen (secondary N) is 1. The fourth-order valence-corrected chi connectivity index (χ4v) is 6.08. The van der Waals surface area contributed by atoms with E-state index in [2.05, 4.69) is 5.32 Å². The van der Waals surface area contributed by atoms with Crippen LogP contribution in [-0.4, -0.2) is 59.8 Å². The largest absolute Gasteiger partial charge is 0.614 e. The van der Waals surface area contributed by atoms with Crippen LogP contribution in [0.3, 0.4) is 0 Å². The zero-order valence-corrected chi connectivity index (χ0v) is 18.7. The third kappa shape index (κ3) is 4.11. The lowest BCUT2D eigenvalue weighted by atomic mass is 9.96. The summed E-state index contributed by atoms with van der Waals surface area (Å²) >= 11 is 16.6. The Labute approximate surface area is 183 Å². The third-order valence-electron chi connectivity index (χ3n) is 4.59. The van der Waals surface area contributed by atoms with Gasteiger partial charge in [-0.3, -0.25) is 14.5 Å². The molecule has 1 aromatic heterocycles. The maximum atomic E-state index is 12.9. The van der Waals surface area contributed by atoms with Gasteiger partial charge in [0.25, 0.3) is 5.91 Å². The van der Waals surface area contributed by atoms with Gasteiger partial charge in [0.05, 0.1) is 6.42 Å². The quantitative estimate of drug-likeness (QED) is 0.295. The topological polar surface area (TPSA) is 98.8 Å². The molecular formula is C16H17Cl3N2O5S2. The summed E-state index contributed by atoms with van der Waals surface area (Å²) in [6.45, 7) is 2.70. The molecule has 1 N–H and O–H groups in total. The summed E-state index contributed by atoms with van der Waals surface area (Å²) in [6, 6.07) is 1.60. The van der Waals surface area contributed by atoms with Gasteiger partial charge in [0, 0.05) is 4.88 Å². The van der Waals surface area contributed by atoms with Crippen molar-refractivity contribution in [1.29, 1.82) is 0 Å². The predicted molar refractivity (Wildman–Crippen MR) is 108 cm³/mol. The summed E-state index contributed by atoms with van der Waals surface area (Å²) in [5.74, 6) is -1.64. The van der Waals surface area contributed by atoms with Gasteiger partial charge in [-0.15, -0.1) is 11.3 Å². The van der Waals surface area contributed by atoms with Gasteiger partial charge < -0.3 is 14.6 Å². The Kier molecular flexibility index (Phi) is 6.16. The number of carbonyl (C=O) groups is 3. The van der Waals surface area contributed by atoms with Gasteiger partial charge in [0.2, 0.25) is 15.1 Å². The van der Waals surface area contributed by atoms with E-state index < -0.39 is 55.7 Å². The Hall–Kier alpha value is -0.710. The first-order valence-electron chi connectivity index (χ1n) is 8.21. The van der Waals surface area contributed by atoms with Crippen molar-refractivity contribution in [1.82, 2.24) is 10.2 Å². The van der Waals surface area contributed by atoms with E-state index in [0.717, 1.165) is 4.88 Å². The van der Waals surface area contributed by atoms with Gasteiger partial charge in [-0.25, -0.2) is 4.79 Å². The number of hydrogen-bond acceptors (Lipinski definition) is 6. The second-order valence-corrected chi connectivity index (χ2v) is 12.6. The molecule has 3 rings (SSSR count). The molecule has 0 radical (unpaired) electrons.